The molecule has 0 aliphatic carbocycles. The summed E-state index contributed by atoms with van der Waals surface area (Å²) in [5, 5.41) is 0. The van der Waals surface area contributed by atoms with Gasteiger partial charge in [-0.3, -0.25) is 4.31 Å². The molecule has 4 rings (SSSR count). The van der Waals surface area contributed by atoms with Crippen LogP contribution in [0.3, 0.4) is 0 Å². The molecule has 3 nitrogen and oxygen atoms in total. The topological polar surface area (TPSA) is 37.4 Å². The Hall–Kier alpha value is -1.63. The van der Waals surface area contributed by atoms with Gasteiger partial charge in [0.2, 0.25) is 0 Å². The van der Waals surface area contributed by atoms with E-state index < -0.39 is 10.0 Å². The summed E-state index contributed by atoms with van der Waals surface area (Å²) in [7, 11) is -3.61. The van der Waals surface area contributed by atoms with Crippen LogP contribution in [0.5, 0.6) is 0 Å². The molecule has 0 amide bonds. The number of nitrogens with zero attached hydrogens (tertiary/aromatic N) is 1. The van der Waals surface area contributed by atoms with Gasteiger partial charge in [-0.1, -0.05) is 36.4 Å². The molecule has 0 saturated heterocycles. The predicted molar refractivity (Wildman–Crippen MR) is 102 cm³/mol. The van der Waals surface area contributed by atoms with Crippen LogP contribution in [0, 0.1) is 6.92 Å². The average molecular weight is 420 g/mol. The van der Waals surface area contributed by atoms with Gasteiger partial charge in [-0.05, 0) is 57.7 Å². The second kappa shape index (κ2) is 5.72. The van der Waals surface area contributed by atoms with Gasteiger partial charge < -0.3 is 0 Å². The molecule has 0 N–H and O–H groups in total. The average Bonchev–Trinajstić information content (AvgIpc) is 2.95. The van der Waals surface area contributed by atoms with Gasteiger partial charge in [0.25, 0.3) is 10.0 Å². The standard InChI is InChI=1S/C18H14BrNO2S2/c1-12-5-4-7-14(9-12)24(21,22)20-11-13-6-2-3-8-15(13)18-16(20)10-17(19)23-18/h2-10H,11H2,1H3. The third kappa shape index (κ3) is 2.49. The first-order chi connectivity index (χ1) is 11.5. The number of rotatable bonds is 2. The molecular weight excluding hydrogens is 406 g/mol. The van der Waals surface area contributed by atoms with E-state index in [4.69, 9.17) is 0 Å². The lowest BCUT2D eigenvalue weighted by Crippen LogP contribution is -2.32. The van der Waals surface area contributed by atoms with Crippen molar-refractivity contribution in [3.05, 3.63) is 69.5 Å². The van der Waals surface area contributed by atoms with E-state index in [2.05, 4.69) is 15.9 Å². The largest absolute Gasteiger partial charge is 0.264 e. The molecule has 2 aromatic carbocycles. The molecule has 1 aromatic heterocycles. The maximum atomic E-state index is 13.2. The zero-order chi connectivity index (χ0) is 16.9. The smallest absolute Gasteiger partial charge is 0.260 e. The minimum absolute atomic E-state index is 0.329. The number of hydrogen-bond acceptors (Lipinski definition) is 3. The van der Waals surface area contributed by atoms with Crippen molar-refractivity contribution >= 4 is 43.0 Å². The maximum absolute atomic E-state index is 13.2. The Labute approximate surface area is 153 Å². The van der Waals surface area contributed by atoms with E-state index in [0.717, 1.165) is 31.0 Å². The fourth-order valence-electron chi connectivity index (χ4n) is 2.97. The molecular formula is C18H14BrNO2S2. The van der Waals surface area contributed by atoms with Gasteiger partial charge in [0, 0.05) is 0 Å². The van der Waals surface area contributed by atoms with Gasteiger partial charge in [-0.15, -0.1) is 11.3 Å². The van der Waals surface area contributed by atoms with Gasteiger partial charge in [0.1, 0.15) is 0 Å². The van der Waals surface area contributed by atoms with Gasteiger partial charge in [-0.25, -0.2) is 8.42 Å². The first kappa shape index (κ1) is 15.9. The number of fused-ring (bicyclic) bond motifs is 3. The van der Waals surface area contributed by atoms with Crippen molar-refractivity contribution < 1.29 is 8.42 Å². The van der Waals surface area contributed by atoms with Crippen molar-refractivity contribution in [3.8, 4) is 10.4 Å². The van der Waals surface area contributed by atoms with Crippen LogP contribution in [0.25, 0.3) is 10.4 Å². The van der Waals surface area contributed by atoms with Crippen molar-refractivity contribution in [2.75, 3.05) is 4.31 Å². The molecule has 0 saturated carbocycles. The lowest BCUT2D eigenvalue weighted by molar-refractivity contribution is 0.590. The molecule has 0 fully saturated rings. The molecule has 0 atom stereocenters. The van der Waals surface area contributed by atoms with E-state index in [1.807, 2.05) is 43.3 Å². The molecule has 0 bridgehead atoms. The normalized spacial score (nSPS) is 13.5. The van der Waals surface area contributed by atoms with Crippen LogP contribution in [-0.4, -0.2) is 8.42 Å². The first-order valence-electron chi connectivity index (χ1n) is 7.44. The molecule has 0 radical (unpaired) electrons. The summed E-state index contributed by atoms with van der Waals surface area (Å²) >= 11 is 5.07. The number of thiophene rings is 1. The highest BCUT2D eigenvalue weighted by Crippen LogP contribution is 2.48. The Balaban J connectivity index is 1.91. The highest BCUT2D eigenvalue weighted by atomic mass is 79.9. The van der Waals surface area contributed by atoms with E-state index in [9.17, 15) is 8.42 Å². The van der Waals surface area contributed by atoms with Gasteiger partial charge in [-0.2, -0.15) is 0 Å². The van der Waals surface area contributed by atoms with Crippen LogP contribution in [0.2, 0.25) is 0 Å². The second-order valence-electron chi connectivity index (χ2n) is 5.75. The van der Waals surface area contributed by atoms with E-state index >= 15 is 0 Å². The number of sulfonamides is 1. The summed E-state index contributed by atoms with van der Waals surface area (Å²) in [6, 6.07) is 16.9. The third-order valence-corrected chi connectivity index (χ3v) is 7.52. The van der Waals surface area contributed by atoms with Gasteiger partial charge >= 0.3 is 0 Å². The summed E-state index contributed by atoms with van der Waals surface area (Å²) in [5.74, 6) is 0. The second-order valence-corrected chi connectivity index (χ2v) is 10.0. The van der Waals surface area contributed by atoms with E-state index in [0.29, 0.717) is 11.4 Å². The van der Waals surface area contributed by atoms with Crippen molar-refractivity contribution in [1.82, 2.24) is 0 Å². The monoisotopic (exact) mass is 419 g/mol. The lowest BCUT2D eigenvalue weighted by Gasteiger charge is -2.30. The van der Waals surface area contributed by atoms with Gasteiger partial charge in [0.15, 0.2) is 0 Å². The number of anilines is 1. The van der Waals surface area contributed by atoms with Crippen LogP contribution in [0.15, 0.2) is 63.3 Å². The first-order valence-corrected chi connectivity index (χ1v) is 10.5. The number of halogens is 1. The van der Waals surface area contributed by atoms with Crippen molar-refractivity contribution in [1.29, 1.82) is 0 Å². The highest BCUT2D eigenvalue weighted by molar-refractivity contribution is 9.11. The third-order valence-electron chi connectivity index (χ3n) is 4.10. The Morgan fingerprint density at radius 3 is 2.67 bits per heavy atom. The van der Waals surface area contributed by atoms with Crippen LogP contribution < -0.4 is 4.31 Å². The molecule has 2 heterocycles. The quantitative estimate of drug-likeness (QED) is 0.572. The van der Waals surface area contributed by atoms with Crippen molar-refractivity contribution in [3.63, 3.8) is 0 Å². The van der Waals surface area contributed by atoms with E-state index in [1.54, 1.807) is 29.5 Å². The van der Waals surface area contributed by atoms with Crippen LogP contribution >= 0.6 is 27.3 Å². The molecule has 0 unspecified atom stereocenters. The van der Waals surface area contributed by atoms with Gasteiger partial charge in [0.05, 0.1) is 25.8 Å². The summed E-state index contributed by atoms with van der Waals surface area (Å²) in [4.78, 5) is 1.31. The fraction of sp³-hybridized carbons (Fsp3) is 0.111. The van der Waals surface area contributed by atoms with Crippen LogP contribution in [0.1, 0.15) is 11.1 Å². The minimum Gasteiger partial charge on any atom is -0.260 e. The van der Waals surface area contributed by atoms with Crippen LogP contribution in [-0.2, 0) is 16.6 Å². The molecule has 1 aliphatic rings. The summed E-state index contributed by atoms with van der Waals surface area (Å²) in [6.07, 6.45) is 0. The molecule has 6 heteroatoms. The predicted octanol–water partition coefficient (Wildman–Crippen LogP) is 5.19. The van der Waals surface area contributed by atoms with Crippen molar-refractivity contribution in [2.45, 2.75) is 18.4 Å². The molecule has 24 heavy (non-hydrogen) atoms. The molecule has 0 spiro atoms. The molecule has 3 aromatic rings. The number of benzene rings is 2. The van der Waals surface area contributed by atoms with E-state index in [-0.39, 0.29) is 0 Å². The molecule has 1 aliphatic heterocycles. The lowest BCUT2D eigenvalue weighted by atomic mass is 10.0. The summed E-state index contributed by atoms with van der Waals surface area (Å²) < 4.78 is 28.9. The van der Waals surface area contributed by atoms with E-state index in [1.165, 1.54) is 4.31 Å². The SMILES string of the molecule is Cc1cccc(S(=O)(=O)N2Cc3ccccc3-c3sc(Br)cc32)c1. The number of aryl methyl sites for hydroxylation is 1. The Bertz CT molecular complexity index is 1040. The number of hydrogen-bond donors (Lipinski definition) is 0. The fourth-order valence-corrected chi connectivity index (χ4v) is 6.23. The summed E-state index contributed by atoms with van der Waals surface area (Å²) in [6.45, 7) is 2.25. The Morgan fingerprint density at radius 2 is 1.88 bits per heavy atom. The highest BCUT2D eigenvalue weighted by Gasteiger charge is 2.33. The zero-order valence-electron chi connectivity index (χ0n) is 12.9. The molecule has 122 valence electrons. The minimum atomic E-state index is -3.61. The summed E-state index contributed by atoms with van der Waals surface area (Å²) in [5.41, 5.74) is 3.81. The zero-order valence-corrected chi connectivity index (χ0v) is 16.1. The van der Waals surface area contributed by atoms with Crippen molar-refractivity contribution in [2.24, 2.45) is 0 Å². The maximum Gasteiger partial charge on any atom is 0.264 e. The Kier molecular flexibility index (Phi) is 3.78. The Morgan fingerprint density at radius 1 is 1.08 bits per heavy atom. The van der Waals surface area contributed by atoms with Crippen LogP contribution in [0.4, 0.5) is 5.69 Å².